The van der Waals surface area contributed by atoms with Crippen LogP contribution in [0.15, 0.2) is 54.0 Å². The topological polar surface area (TPSA) is 104 Å². The van der Waals surface area contributed by atoms with Gasteiger partial charge in [-0.15, -0.1) is 0 Å². The van der Waals surface area contributed by atoms with Gasteiger partial charge in [0.15, 0.2) is 5.65 Å². The lowest BCUT2D eigenvalue weighted by Crippen LogP contribution is -2.67. The quantitative estimate of drug-likeness (QED) is 0.232. The number of carbonyl (C=O) groups is 2. The molecule has 0 spiro atoms. The Morgan fingerprint density at radius 2 is 1.92 bits per heavy atom. The van der Waals surface area contributed by atoms with E-state index in [1.54, 1.807) is 23.2 Å². The summed E-state index contributed by atoms with van der Waals surface area (Å²) in [5.74, 6) is -1.04. The number of carbonyl (C=O) groups excluding carboxylic acids is 2. The van der Waals surface area contributed by atoms with Gasteiger partial charge in [-0.2, -0.15) is 0 Å². The number of methoxy groups -OCH3 is 1. The number of benzene rings is 1. The van der Waals surface area contributed by atoms with Gasteiger partial charge in [0.25, 0.3) is 11.5 Å². The van der Waals surface area contributed by atoms with Gasteiger partial charge in [0.2, 0.25) is 5.91 Å². The van der Waals surface area contributed by atoms with E-state index in [2.05, 4.69) is 11.6 Å². The molecule has 0 saturated carbocycles. The van der Waals surface area contributed by atoms with Gasteiger partial charge in [0.05, 0.1) is 47.0 Å². The molecule has 11 nitrogen and oxygen atoms in total. The average molecular weight is 702 g/mol. The Labute approximate surface area is 295 Å². The first-order chi connectivity index (χ1) is 23.8. The molecular formula is C37H41ClFN7O4. The van der Waals surface area contributed by atoms with Gasteiger partial charge in [0.1, 0.15) is 23.3 Å². The van der Waals surface area contributed by atoms with E-state index in [0.717, 1.165) is 5.56 Å². The molecule has 2 atom stereocenters. The summed E-state index contributed by atoms with van der Waals surface area (Å²) in [5.41, 5.74) is 2.50. The summed E-state index contributed by atoms with van der Waals surface area (Å²) >= 11 is 7.03. The summed E-state index contributed by atoms with van der Waals surface area (Å²) in [7, 11) is 5.22. The number of aromatic nitrogens is 3. The third kappa shape index (κ3) is 5.69. The zero-order valence-electron chi connectivity index (χ0n) is 29.3. The molecule has 0 radical (unpaired) electrons. The van der Waals surface area contributed by atoms with E-state index >= 15 is 9.18 Å². The van der Waals surface area contributed by atoms with E-state index in [0.29, 0.717) is 29.0 Å². The molecule has 6 rings (SSSR count). The average Bonchev–Trinajstić information content (AvgIpc) is 3.07. The van der Waals surface area contributed by atoms with Crippen molar-refractivity contribution in [3.05, 3.63) is 81.6 Å². The lowest BCUT2D eigenvalue weighted by atomic mass is 9.97. The minimum absolute atomic E-state index is 0.0523. The monoisotopic (exact) mass is 701 g/mol. The van der Waals surface area contributed by atoms with Crippen molar-refractivity contribution in [1.82, 2.24) is 24.3 Å². The molecular weight excluding hydrogens is 661 g/mol. The second kappa shape index (κ2) is 13.5. The van der Waals surface area contributed by atoms with Crippen LogP contribution < -0.4 is 20.1 Å². The third-order valence-corrected chi connectivity index (χ3v) is 9.77. The molecule has 0 bridgehead atoms. The molecule has 0 N–H and O–H groups in total. The van der Waals surface area contributed by atoms with E-state index in [1.807, 2.05) is 57.7 Å². The fourth-order valence-electron chi connectivity index (χ4n) is 7.03. The van der Waals surface area contributed by atoms with Crippen LogP contribution in [0.2, 0.25) is 5.02 Å². The third-order valence-electron chi connectivity index (χ3n) is 9.49. The van der Waals surface area contributed by atoms with Crippen LogP contribution in [-0.2, 0) is 9.59 Å². The van der Waals surface area contributed by atoms with Crippen molar-refractivity contribution in [2.75, 3.05) is 57.2 Å². The zero-order valence-corrected chi connectivity index (χ0v) is 30.1. The van der Waals surface area contributed by atoms with Gasteiger partial charge in [-0.25, -0.2) is 9.37 Å². The molecule has 0 aliphatic carbocycles. The highest BCUT2D eigenvalue weighted by atomic mass is 35.5. The molecule has 1 fully saturated rings. The summed E-state index contributed by atoms with van der Waals surface area (Å²) in [6.07, 6.45) is 2.94. The first-order valence-corrected chi connectivity index (χ1v) is 16.9. The number of piperazine rings is 1. The van der Waals surface area contributed by atoms with Crippen LogP contribution in [0.3, 0.4) is 0 Å². The molecule has 2 aliphatic heterocycles. The molecule has 2 aliphatic rings. The van der Waals surface area contributed by atoms with E-state index in [9.17, 15) is 9.59 Å². The number of ether oxygens (including phenoxy) is 1. The van der Waals surface area contributed by atoms with Crippen LogP contribution in [0, 0.1) is 12.7 Å². The van der Waals surface area contributed by atoms with Crippen LogP contribution in [-0.4, -0.2) is 95.6 Å². The predicted molar refractivity (Wildman–Crippen MR) is 194 cm³/mol. The number of amides is 2. The lowest BCUT2D eigenvalue weighted by molar-refractivity contribution is -0.130. The van der Waals surface area contributed by atoms with Crippen molar-refractivity contribution in [1.29, 1.82) is 0 Å². The second-order valence-corrected chi connectivity index (χ2v) is 13.8. The summed E-state index contributed by atoms with van der Waals surface area (Å²) in [4.78, 5) is 59.4. The van der Waals surface area contributed by atoms with Gasteiger partial charge in [-0.1, -0.05) is 38.1 Å². The van der Waals surface area contributed by atoms with Crippen LogP contribution in [0.1, 0.15) is 37.9 Å². The van der Waals surface area contributed by atoms with Gasteiger partial charge >= 0.3 is 0 Å². The van der Waals surface area contributed by atoms with Crippen LogP contribution in [0.25, 0.3) is 28.0 Å². The fraction of sp³-hybridized carbons (Fsp3) is 0.378. The molecule has 50 heavy (non-hydrogen) atoms. The minimum Gasteiger partial charge on any atom is -0.496 e. The molecule has 262 valence electrons. The van der Waals surface area contributed by atoms with Crippen LogP contribution >= 0.6 is 11.6 Å². The largest absolute Gasteiger partial charge is 0.496 e. The number of pyridine rings is 3. The Hall–Kier alpha value is -4.81. The van der Waals surface area contributed by atoms with Crippen molar-refractivity contribution in [2.45, 2.75) is 45.7 Å². The molecule has 4 aromatic rings. The Balaban J connectivity index is 1.78. The summed E-state index contributed by atoms with van der Waals surface area (Å²) in [6, 6.07) is 6.84. The maximum Gasteiger partial charge on any atom is 0.283 e. The second-order valence-electron chi connectivity index (χ2n) is 13.4. The van der Waals surface area contributed by atoms with E-state index in [4.69, 9.17) is 21.3 Å². The zero-order chi connectivity index (χ0) is 36.2. The Morgan fingerprint density at radius 1 is 1.18 bits per heavy atom. The number of anilines is 2. The molecule has 13 heteroatoms. The van der Waals surface area contributed by atoms with Gasteiger partial charge < -0.3 is 24.3 Å². The van der Waals surface area contributed by atoms with Crippen molar-refractivity contribution in [3.8, 4) is 22.7 Å². The van der Waals surface area contributed by atoms with Crippen LogP contribution in [0.5, 0.6) is 5.75 Å². The maximum absolute atomic E-state index is 15.6. The fourth-order valence-corrected chi connectivity index (χ4v) is 7.28. The molecule has 0 unspecified atom stereocenters. The highest BCUT2D eigenvalue weighted by Gasteiger charge is 2.47. The van der Waals surface area contributed by atoms with Gasteiger partial charge in [-0.05, 0) is 69.8 Å². The van der Waals surface area contributed by atoms with Gasteiger partial charge in [-0.3, -0.25) is 23.9 Å². The highest BCUT2D eigenvalue weighted by molar-refractivity contribution is 6.34. The first-order valence-electron chi connectivity index (χ1n) is 16.5. The molecule has 1 aromatic carbocycles. The predicted octanol–water partition coefficient (Wildman–Crippen LogP) is 5.18. The van der Waals surface area contributed by atoms with E-state index < -0.39 is 17.4 Å². The Bertz CT molecular complexity index is 2100. The van der Waals surface area contributed by atoms with E-state index in [1.165, 1.54) is 34.8 Å². The number of fused-ring (bicyclic) bond motifs is 5. The number of likely N-dealkylation sites (N-methyl/N-ethyl adjacent to an activating group) is 1. The standard InChI is InChI=1S/C37H41ClFN7O4/c1-9-28(47)44-19-26-36(48)43(16-15-42(6)7)34-33(45(26)18-22(44)5)23-17-24(38)31(29-25(39)11-10-12-27(29)50-8)41-35(23)46(37(34)49)32-21(4)13-14-40-30(32)20(2)3/h9-14,17,20,22,26H,1,15-16,18-19H2,2-8H3/t22-,26-/m1/s1. The van der Waals surface area contributed by atoms with Crippen molar-refractivity contribution >= 4 is 45.8 Å². The molecule has 1 saturated heterocycles. The molecule has 3 aromatic heterocycles. The van der Waals surface area contributed by atoms with Crippen LogP contribution in [0.4, 0.5) is 15.8 Å². The first kappa shape index (κ1) is 35.0. The normalized spacial score (nSPS) is 17.4. The SMILES string of the molecule is C=CC(=O)N1C[C@@H]2C(=O)N(CCN(C)C)c3c(c4cc(Cl)c(-c5c(F)cccc5OC)nc4n(-c4c(C)ccnc4C(C)C)c3=O)N2C[C@H]1C. The Kier molecular flexibility index (Phi) is 9.45. The number of rotatable bonds is 8. The van der Waals surface area contributed by atoms with E-state index in [-0.39, 0.29) is 76.8 Å². The number of aryl methyl sites for hydroxylation is 1. The number of hydrogen-bond acceptors (Lipinski definition) is 8. The minimum atomic E-state index is -0.792. The van der Waals surface area contributed by atoms with Crippen molar-refractivity contribution in [2.24, 2.45) is 0 Å². The highest BCUT2D eigenvalue weighted by Crippen LogP contribution is 2.45. The summed E-state index contributed by atoms with van der Waals surface area (Å²) in [5, 5.41) is 0.617. The number of halogens is 2. The lowest BCUT2D eigenvalue weighted by Gasteiger charge is -2.50. The Morgan fingerprint density at radius 3 is 2.58 bits per heavy atom. The number of hydrogen-bond donors (Lipinski definition) is 0. The summed E-state index contributed by atoms with van der Waals surface area (Å²) < 4.78 is 22.6. The van der Waals surface area contributed by atoms with Gasteiger partial charge in [0, 0.05) is 37.3 Å². The maximum atomic E-state index is 15.6. The molecule has 2 amide bonds. The summed E-state index contributed by atoms with van der Waals surface area (Å²) in [6.45, 7) is 12.4. The van der Waals surface area contributed by atoms with Crippen molar-refractivity contribution in [3.63, 3.8) is 0 Å². The van der Waals surface area contributed by atoms with Crippen molar-refractivity contribution < 1.29 is 18.7 Å². The molecule has 5 heterocycles. The number of nitrogens with zero attached hydrogens (tertiary/aromatic N) is 7. The smallest absolute Gasteiger partial charge is 0.283 e.